The highest BCUT2D eigenvalue weighted by Gasteiger charge is 2.19. The molecular weight excluding hydrogens is 364 g/mol. The second-order valence-electron chi connectivity index (χ2n) is 7.67. The van der Waals surface area contributed by atoms with Gasteiger partial charge in [-0.2, -0.15) is 0 Å². The first-order valence-corrected chi connectivity index (χ1v) is 10.3. The van der Waals surface area contributed by atoms with Crippen molar-refractivity contribution in [1.82, 2.24) is 0 Å². The first kappa shape index (κ1) is 17.1. The molecule has 1 heteroatoms. The number of rotatable bonds is 0. The molecule has 0 radical (unpaired) electrons. The summed E-state index contributed by atoms with van der Waals surface area (Å²) in [5, 5.41) is 5.28. The fourth-order valence-electron chi connectivity index (χ4n) is 4.62. The Kier molecular flexibility index (Phi) is 3.92. The lowest BCUT2D eigenvalue weighted by atomic mass is 10.0. The molecule has 1 aliphatic heterocycles. The van der Waals surface area contributed by atoms with E-state index in [2.05, 4.69) is 103 Å². The van der Waals surface area contributed by atoms with Gasteiger partial charge in [0.05, 0.1) is 0 Å². The molecule has 7 rings (SSSR count). The van der Waals surface area contributed by atoms with E-state index in [4.69, 9.17) is 4.74 Å². The maximum atomic E-state index is 5.54. The van der Waals surface area contributed by atoms with E-state index < -0.39 is 0 Å². The maximum Gasteiger partial charge on any atom is 0.127 e. The van der Waals surface area contributed by atoms with E-state index in [9.17, 15) is 0 Å². The van der Waals surface area contributed by atoms with E-state index >= 15 is 0 Å². The van der Waals surface area contributed by atoms with Crippen molar-refractivity contribution in [1.29, 1.82) is 0 Å². The summed E-state index contributed by atoms with van der Waals surface area (Å²) in [5.41, 5.74) is 6.70. The molecule has 0 unspecified atom stereocenters. The lowest BCUT2D eigenvalue weighted by Crippen LogP contribution is -2.00. The zero-order valence-corrected chi connectivity index (χ0v) is 16.5. The predicted octanol–water partition coefficient (Wildman–Crippen LogP) is 7.73. The van der Waals surface area contributed by atoms with Gasteiger partial charge in [-0.3, -0.25) is 0 Å². The Morgan fingerprint density at radius 1 is 0.533 bits per heavy atom. The van der Waals surface area contributed by atoms with Crippen molar-refractivity contribution in [2.24, 2.45) is 0 Å². The number of hydrogen-bond donors (Lipinski definition) is 0. The van der Waals surface area contributed by atoms with E-state index in [0.29, 0.717) is 6.61 Å². The van der Waals surface area contributed by atoms with E-state index in [-0.39, 0.29) is 0 Å². The highest BCUT2D eigenvalue weighted by atomic mass is 16.5. The highest BCUT2D eigenvalue weighted by molar-refractivity contribution is 6.15. The van der Waals surface area contributed by atoms with Crippen LogP contribution in [0.3, 0.4) is 0 Å². The molecule has 0 saturated carbocycles. The van der Waals surface area contributed by atoms with Gasteiger partial charge in [-0.1, -0.05) is 97.1 Å². The summed E-state index contributed by atoms with van der Waals surface area (Å²) in [6.07, 6.45) is 4.19. The zero-order chi connectivity index (χ0) is 19.9. The fourth-order valence-corrected chi connectivity index (χ4v) is 4.62. The van der Waals surface area contributed by atoms with Gasteiger partial charge in [0, 0.05) is 5.56 Å². The van der Waals surface area contributed by atoms with Crippen molar-refractivity contribution in [2.75, 3.05) is 6.61 Å². The van der Waals surface area contributed by atoms with E-state index in [1.54, 1.807) is 0 Å². The summed E-state index contributed by atoms with van der Waals surface area (Å²) < 4.78 is 5.54. The molecule has 0 atom stereocenters. The molecule has 1 nitrogen and oxygen atoms in total. The minimum absolute atomic E-state index is 0.686. The Labute approximate surface area is 175 Å². The lowest BCUT2D eigenvalue weighted by molar-refractivity contribution is 0.359. The third-order valence-corrected chi connectivity index (χ3v) is 5.96. The molecule has 0 spiro atoms. The van der Waals surface area contributed by atoms with E-state index in [0.717, 1.165) is 5.75 Å². The van der Waals surface area contributed by atoms with Crippen LogP contribution in [0.1, 0.15) is 5.56 Å². The van der Waals surface area contributed by atoms with Crippen LogP contribution in [0.15, 0.2) is 103 Å². The van der Waals surface area contributed by atoms with E-state index in [1.807, 2.05) is 6.07 Å². The summed E-state index contributed by atoms with van der Waals surface area (Å²) in [7, 11) is 0. The zero-order valence-electron chi connectivity index (χ0n) is 16.5. The smallest absolute Gasteiger partial charge is 0.127 e. The van der Waals surface area contributed by atoms with Crippen LogP contribution in [0, 0.1) is 0 Å². The molecule has 0 amide bonds. The average molecular weight is 384 g/mol. The summed E-state index contributed by atoms with van der Waals surface area (Å²) in [6, 6.07) is 34.3. The van der Waals surface area contributed by atoms with Gasteiger partial charge in [0.25, 0.3) is 0 Å². The first-order chi connectivity index (χ1) is 14.9. The molecule has 2 aliphatic rings. The van der Waals surface area contributed by atoms with Crippen LogP contribution in [0.2, 0.25) is 0 Å². The van der Waals surface area contributed by atoms with Gasteiger partial charge < -0.3 is 4.74 Å². The molecule has 5 aromatic carbocycles. The molecule has 0 fully saturated rings. The van der Waals surface area contributed by atoms with Crippen molar-refractivity contribution in [3.05, 3.63) is 109 Å². The van der Waals surface area contributed by atoms with Crippen LogP contribution in [0.4, 0.5) is 0 Å². The fraction of sp³-hybridized carbons (Fsp3) is 0.0345. The quantitative estimate of drug-likeness (QED) is 0.260. The van der Waals surface area contributed by atoms with Crippen LogP contribution < -0.4 is 4.74 Å². The van der Waals surface area contributed by atoms with Crippen molar-refractivity contribution in [3.63, 3.8) is 0 Å². The number of hydrogen-bond acceptors (Lipinski definition) is 1. The summed E-state index contributed by atoms with van der Waals surface area (Å²) >= 11 is 0. The van der Waals surface area contributed by atoms with Crippen molar-refractivity contribution < 1.29 is 4.74 Å². The average Bonchev–Trinajstić information content (AvgIpc) is 3.16. The molecule has 142 valence electrons. The molecule has 0 saturated heterocycles. The Balaban J connectivity index is 0.000000118. The monoisotopic (exact) mass is 384 g/mol. The second kappa shape index (κ2) is 6.89. The largest absolute Gasteiger partial charge is 0.489 e. The van der Waals surface area contributed by atoms with Crippen LogP contribution in [0.5, 0.6) is 5.75 Å². The van der Waals surface area contributed by atoms with Gasteiger partial charge in [0.1, 0.15) is 12.4 Å². The normalized spacial score (nSPS) is 12.7. The Morgan fingerprint density at radius 3 is 1.93 bits per heavy atom. The minimum atomic E-state index is 0.686. The third-order valence-electron chi connectivity index (χ3n) is 5.96. The Morgan fingerprint density at radius 2 is 1.17 bits per heavy atom. The number of fused-ring (bicyclic) bond motifs is 6. The molecule has 0 aromatic heterocycles. The summed E-state index contributed by atoms with van der Waals surface area (Å²) in [5.74, 6) is 0.992. The molecule has 0 bridgehead atoms. The summed E-state index contributed by atoms with van der Waals surface area (Å²) in [6.45, 7) is 0.686. The molecule has 1 aliphatic carbocycles. The maximum absolute atomic E-state index is 5.54. The standard InChI is InChI=1S/C16H10.C13H10O/c1-2-8-13-12(7-1)14-9-3-5-11-6-4-10-15(13)16(11)14;1-2-5-11-10(4-1)7-8-13-12(11)6-3-9-14-13/h1-10H;1-8H,9H2. The highest BCUT2D eigenvalue weighted by Crippen LogP contribution is 2.46. The van der Waals surface area contributed by atoms with Gasteiger partial charge in [-0.05, 0) is 55.9 Å². The van der Waals surface area contributed by atoms with Crippen molar-refractivity contribution >= 4 is 27.6 Å². The predicted molar refractivity (Wildman–Crippen MR) is 127 cm³/mol. The number of benzene rings is 5. The van der Waals surface area contributed by atoms with Crippen LogP contribution >= 0.6 is 0 Å². The molecule has 1 heterocycles. The Bertz CT molecular complexity index is 1380. The Hall–Kier alpha value is -3.84. The van der Waals surface area contributed by atoms with Gasteiger partial charge in [-0.15, -0.1) is 0 Å². The minimum Gasteiger partial charge on any atom is -0.489 e. The molecule has 5 aromatic rings. The summed E-state index contributed by atoms with van der Waals surface area (Å²) in [4.78, 5) is 0. The van der Waals surface area contributed by atoms with Crippen LogP contribution in [-0.4, -0.2) is 6.61 Å². The molecular formula is C29H20O. The van der Waals surface area contributed by atoms with Crippen molar-refractivity contribution in [3.8, 4) is 28.0 Å². The number of ether oxygens (including phenoxy) is 1. The lowest BCUT2D eigenvalue weighted by Gasteiger charge is -2.14. The van der Waals surface area contributed by atoms with Crippen LogP contribution in [-0.2, 0) is 0 Å². The van der Waals surface area contributed by atoms with Gasteiger partial charge in [-0.25, -0.2) is 0 Å². The first-order valence-electron chi connectivity index (χ1n) is 10.3. The van der Waals surface area contributed by atoms with Gasteiger partial charge in [0.2, 0.25) is 0 Å². The molecule has 0 N–H and O–H groups in total. The SMILES string of the molecule is C1=Cc2c(ccc3ccccc23)OC1.c1ccc2c(c1)-c1cccc3cccc-2c13. The van der Waals surface area contributed by atoms with Gasteiger partial charge in [0.15, 0.2) is 0 Å². The second-order valence-corrected chi connectivity index (χ2v) is 7.67. The molecule has 30 heavy (non-hydrogen) atoms. The van der Waals surface area contributed by atoms with E-state index in [1.165, 1.54) is 49.4 Å². The van der Waals surface area contributed by atoms with Crippen LogP contribution in [0.25, 0.3) is 49.9 Å². The third kappa shape index (κ3) is 2.63. The van der Waals surface area contributed by atoms with Gasteiger partial charge >= 0.3 is 0 Å². The van der Waals surface area contributed by atoms with Crippen molar-refractivity contribution in [2.45, 2.75) is 0 Å². The topological polar surface area (TPSA) is 9.23 Å².